The van der Waals surface area contributed by atoms with Gasteiger partial charge in [0.15, 0.2) is 0 Å². The van der Waals surface area contributed by atoms with E-state index in [2.05, 4.69) is 33.0 Å². The third-order valence-corrected chi connectivity index (χ3v) is 3.73. The van der Waals surface area contributed by atoms with Gasteiger partial charge in [-0.2, -0.15) is 0 Å². The molecule has 0 heterocycles. The number of carbonyl (C=O) groups excluding carboxylic acids is 1. The summed E-state index contributed by atoms with van der Waals surface area (Å²) in [4.78, 5) is 14.1. The number of nitrogens with zero attached hydrogens (tertiary/aromatic N) is 1. The molecule has 1 saturated carbocycles. The van der Waals surface area contributed by atoms with Crippen molar-refractivity contribution >= 4 is 5.91 Å². The minimum absolute atomic E-state index is 0.00861. The Morgan fingerprint density at radius 2 is 1.88 bits per heavy atom. The summed E-state index contributed by atoms with van der Waals surface area (Å²) in [6.45, 7) is 8.98. The molecule has 1 amide bonds. The molecular weight excluding hydrogens is 212 g/mol. The molecule has 2 atom stereocenters. The lowest BCUT2D eigenvalue weighted by molar-refractivity contribution is -0.132. The first-order valence-corrected chi connectivity index (χ1v) is 6.82. The van der Waals surface area contributed by atoms with Crippen LogP contribution >= 0.6 is 0 Å². The summed E-state index contributed by atoms with van der Waals surface area (Å²) in [6.07, 6.45) is 5.01. The van der Waals surface area contributed by atoms with Crippen LogP contribution in [-0.4, -0.2) is 36.0 Å². The van der Waals surface area contributed by atoms with Crippen molar-refractivity contribution in [1.29, 1.82) is 0 Å². The highest BCUT2D eigenvalue weighted by Gasteiger charge is 2.27. The molecule has 0 radical (unpaired) electrons. The number of hydrogen-bond donors (Lipinski definition) is 1. The molecule has 0 bridgehead atoms. The van der Waals surface area contributed by atoms with Gasteiger partial charge >= 0.3 is 0 Å². The predicted molar refractivity (Wildman–Crippen MR) is 71.9 cm³/mol. The number of amides is 1. The number of hydrogen-bond acceptors (Lipinski definition) is 2. The monoisotopic (exact) mass is 240 g/mol. The van der Waals surface area contributed by atoms with Gasteiger partial charge in [0.25, 0.3) is 0 Å². The van der Waals surface area contributed by atoms with Gasteiger partial charge in [-0.15, -0.1) is 0 Å². The van der Waals surface area contributed by atoms with Gasteiger partial charge in [0.2, 0.25) is 5.91 Å². The predicted octanol–water partition coefficient (Wildman–Crippen LogP) is 2.41. The van der Waals surface area contributed by atoms with Crippen LogP contribution < -0.4 is 5.32 Å². The fraction of sp³-hybridized carbons (Fsp3) is 0.929. The Bertz CT molecular complexity index is 257. The van der Waals surface area contributed by atoms with E-state index in [0.717, 1.165) is 0 Å². The van der Waals surface area contributed by atoms with E-state index in [1.807, 2.05) is 11.9 Å². The van der Waals surface area contributed by atoms with Crippen molar-refractivity contribution < 1.29 is 4.79 Å². The SMILES string of the molecule is CC1CCCCC1N(C)C(=O)CNC(C)(C)C. The molecule has 17 heavy (non-hydrogen) atoms. The average molecular weight is 240 g/mol. The van der Waals surface area contributed by atoms with E-state index >= 15 is 0 Å². The Morgan fingerprint density at radius 3 is 2.41 bits per heavy atom. The molecule has 0 aromatic heterocycles. The van der Waals surface area contributed by atoms with Crippen LogP contribution in [0.1, 0.15) is 53.4 Å². The zero-order valence-corrected chi connectivity index (χ0v) is 12.0. The Balaban J connectivity index is 2.45. The molecule has 0 aromatic carbocycles. The minimum Gasteiger partial charge on any atom is -0.341 e. The number of carbonyl (C=O) groups is 1. The maximum absolute atomic E-state index is 12.1. The topological polar surface area (TPSA) is 32.3 Å². The van der Waals surface area contributed by atoms with Crippen LogP contribution in [0.2, 0.25) is 0 Å². The van der Waals surface area contributed by atoms with Crippen LogP contribution in [0.4, 0.5) is 0 Å². The first kappa shape index (κ1) is 14.5. The lowest BCUT2D eigenvalue weighted by Gasteiger charge is -2.36. The van der Waals surface area contributed by atoms with Gasteiger partial charge in [0.05, 0.1) is 6.54 Å². The summed E-state index contributed by atoms with van der Waals surface area (Å²) >= 11 is 0. The fourth-order valence-corrected chi connectivity index (χ4v) is 2.52. The zero-order chi connectivity index (χ0) is 13.1. The van der Waals surface area contributed by atoms with Gasteiger partial charge in [-0.25, -0.2) is 0 Å². The standard InChI is InChI=1S/C14H28N2O/c1-11-8-6-7-9-12(11)16(5)13(17)10-15-14(2,3)4/h11-12,15H,6-10H2,1-5H3. The first-order chi connectivity index (χ1) is 7.81. The molecule has 0 saturated heterocycles. The quantitative estimate of drug-likeness (QED) is 0.821. The van der Waals surface area contributed by atoms with Gasteiger partial charge in [-0.05, 0) is 39.5 Å². The molecular formula is C14H28N2O. The van der Waals surface area contributed by atoms with Crippen molar-refractivity contribution in [3.8, 4) is 0 Å². The highest BCUT2D eigenvalue weighted by atomic mass is 16.2. The number of nitrogens with one attached hydrogen (secondary N) is 1. The first-order valence-electron chi connectivity index (χ1n) is 6.82. The second-order valence-electron chi connectivity index (χ2n) is 6.44. The van der Waals surface area contributed by atoms with Crippen molar-refractivity contribution in [1.82, 2.24) is 10.2 Å². The smallest absolute Gasteiger partial charge is 0.236 e. The van der Waals surface area contributed by atoms with Gasteiger partial charge in [-0.1, -0.05) is 19.8 Å². The average Bonchev–Trinajstić information content (AvgIpc) is 2.24. The molecule has 1 aliphatic carbocycles. The summed E-state index contributed by atoms with van der Waals surface area (Å²) in [6, 6.07) is 0.443. The van der Waals surface area contributed by atoms with Crippen molar-refractivity contribution in [3.05, 3.63) is 0 Å². The summed E-state index contributed by atoms with van der Waals surface area (Å²) < 4.78 is 0. The normalized spacial score (nSPS) is 25.7. The van der Waals surface area contributed by atoms with Crippen LogP contribution in [0, 0.1) is 5.92 Å². The van der Waals surface area contributed by atoms with Gasteiger partial charge in [0.1, 0.15) is 0 Å². The summed E-state index contributed by atoms with van der Waals surface area (Å²) in [5, 5.41) is 3.27. The Labute approximate surface area is 106 Å². The molecule has 100 valence electrons. The zero-order valence-electron chi connectivity index (χ0n) is 12.0. The van der Waals surface area contributed by atoms with Crippen molar-refractivity contribution in [3.63, 3.8) is 0 Å². The van der Waals surface area contributed by atoms with Crippen LogP contribution in [0.5, 0.6) is 0 Å². The maximum Gasteiger partial charge on any atom is 0.236 e. The number of likely N-dealkylation sites (N-methyl/N-ethyl adjacent to an activating group) is 1. The van der Waals surface area contributed by atoms with Gasteiger partial charge < -0.3 is 10.2 Å². The molecule has 1 N–H and O–H groups in total. The molecule has 3 heteroatoms. The molecule has 0 aliphatic heterocycles. The lowest BCUT2D eigenvalue weighted by atomic mass is 9.85. The van der Waals surface area contributed by atoms with E-state index in [0.29, 0.717) is 18.5 Å². The van der Waals surface area contributed by atoms with Crippen molar-refractivity contribution in [2.75, 3.05) is 13.6 Å². The van der Waals surface area contributed by atoms with Crippen LogP contribution in [0.25, 0.3) is 0 Å². The Kier molecular flexibility index (Phi) is 4.99. The highest BCUT2D eigenvalue weighted by Crippen LogP contribution is 2.27. The molecule has 1 fully saturated rings. The van der Waals surface area contributed by atoms with Crippen LogP contribution in [0.15, 0.2) is 0 Å². The third kappa shape index (κ3) is 4.66. The van der Waals surface area contributed by atoms with Crippen molar-refractivity contribution in [2.45, 2.75) is 65.0 Å². The van der Waals surface area contributed by atoms with E-state index in [1.165, 1.54) is 25.7 Å². The van der Waals surface area contributed by atoms with E-state index in [9.17, 15) is 4.79 Å². The van der Waals surface area contributed by atoms with Gasteiger partial charge in [0, 0.05) is 18.6 Å². The second-order valence-corrected chi connectivity index (χ2v) is 6.44. The summed E-state index contributed by atoms with van der Waals surface area (Å²) in [5.41, 5.74) is 0.00861. The molecule has 0 spiro atoms. The Hall–Kier alpha value is -0.570. The van der Waals surface area contributed by atoms with Crippen LogP contribution in [0.3, 0.4) is 0 Å². The maximum atomic E-state index is 12.1. The molecule has 1 aliphatic rings. The molecule has 0 aromatic rings. The van der Waals surface area contributed by atoms with Crippen LogP contribution in [-0.2, 0) is 4.79 Å². The number of rotatable bonds is 3. The summed E-state index contributed by atoms with van der Waals surface area (Å²) in [7, 11) is 1.96. The lowest BCUT2D eigenvalue weighted by Crippen LogP contribution is -2.49. The van der Waals surface area contributed by atoms with E-state index < -0.39 is 0 Å². The van der Waals surface area contributed by atoms with Crippen molar-refractivity contribution in [2.24, 2.45) is 5.92 Å². The summed E-state index contributed by atoms with van der Waals surface area (Å²) in [5.74, 6) is 0.867. The fourth-order valence-electron chi connectivity index (χ4n) is 2.52. The molecule has 3 nitrogen and oxygen atoms in total. The molecule has 2 unspecified atom stereocenters. The van der Waals surface area contributed by atoms with Gasteiger partial charge in [-0.3, -0.25) is 4.79 Å². The van der Waals surface area contributed by atoms with E-state index in [4.69, 9.17) is 0 Å². The highest BCUT2D eigenvalue weighted by molar-refractivity contribution is 5.78. The molecule has 1 rings (SSSR count). The van der Waals surface area contributed by atoms with E-state index in [-0.39, 0.29) is 11.4 Å². The minimum atomic E-state index is 0.00861. The third-order valence-electron chi connectivity index (χ3n) is 3.73. The Morgan fingerprint density at radius 1 is 1.29 bits per heavy atom. The largest absolute Gasteiger partial charge is 0.341 e. The van der Waals surface area contributed by atoms with E-state index in [1.54, 1.807) is 0 Å². The second kappa shape index (κ2) is 5.85.